The second kappa shape index (κ2) is 56.0. The second-order valence-corrected chi connectivity index (χ2v) is 24.5. The first-order chi connectivity index (χ1) is 45.9. The minimum Gasteiger partial charge on any atom is -0.849 e. The molecule has 6 rings (SSSR count). The maximum absolute atomic E-state index is 12.7. The number of amides is 5. The maximum Gasteiger partial charge on any atom is 0.222 e. The van der Waals surface area contributed by atoms with Gasteiger partial charge in [-0.05, 0) is 26.3 Å². The fourth-order valence-corrected chi connectivity index (χ4v) is 11.1. The van der Waals surface area contributed by atoms with E-state index in [9.17, 15) is 39.3 Å². The number of nitrogens with one attached hydrogen (secondary N) is 3. The number of aliphatic imine (C=N–C) groups is 1. The summed E-state index contributed by atoms with van der Waals surface area (Å²) < 4.78 is 32.1. The number of ether oxygens (including phenoxy) is 6. The Kier molecular flexibility index (Phi) is 51.4. The topological polar surface area (TPSA) is 285 Å². The van der Waals surface area contributed by atoms with Crippen molar-refractivity contribution in [2.75, 3.05) is 270 Å². The molecule has 5 saturated heterocycles. The highest BCUT2D eigenvalue weighted by molar-refractivity contribution is 5.78. The molecule has 0 aromatic rings. The zero-order valence-electron chi connectivity index (χ0n) is 60.8. The van der Waals surface area contributed by atoms with Gasteiger partial charge in [-0.25, -0.2) is 0 Å². The summed E-state index contributed by atoms with van der Waals surface area (Å²) in [6.45, 7) is 44.1. The molecule has 556 valence electrons. The number of carbonyl (C=O) groups excluding carboxylic acids is 5. The van der Waals surface area contributed by atoms with Gasteiger partial charge >= 0.3 is 0 Å². The molecule has 6 heterocycles. The zero-order valence-corrected chi connectivity index (χ0v) is 60.8. The molecule has 4 atom stereocenters. The summed E-state index contributed by atoms with van der Waals surface area (Å²) in [4.78, 5) is 85.2. The summed E-state index contributed by atoms with van der Waals surface area (Å²) in [5.74, 6) is 1.32. The van der Waals surface area contributed by atoms with Gasteiger partial charge in [0.1, 0.15) is 12.8 Å². The Morgan fingerprint density at radius 2 is 0.968 bits per heavy atom. The molecule has 0 aliphatic carbocycles. The molecule has 6 aliphatic heterocycles. The molecule has 0 aromatic carbocycles. The van der Waals surface area contributed by atoms with Crippen molar-refractivity contribution in [3.63, 3.8) is 0 Å². The molecule has 0 spiro atoms. The Morgan fingerprint density at radius 1 is 0.526 bits per heavy atom. The van der Waals surface area contributed by atoms with Crippen molar-refractivity contribution in [2.24, 2.45) is 4.99 Å². The normalized spacial score (nSPS) is 18.9. The van der Waals surface area contributed by atoms with Crippen molar-refractivity contribution in [1.82, 2.24) is 64.9 Å². The van der Waals surface area contributed by atoms with Gasteiger partial charge in [0, 0.05) is 256 Å². The van der Waals surface area contributed by atoms with E-state index >= 15 is 0 Å². The summed E-state index contributed by atoms with van der Waals surface area (Å²) in [6.07, 6.45) is 3.42. The molecule has 4 unspecified atom stereocenters. The van der Waals surface area contributed by atoms with Crippen LogP contribution in [0.1, 0.15) is 107 Å². The van der Waals surface area contributed by atoms with Gasteiger partial charge in [0.2, 0.25) is 29.5 Å². The fourth-order valence-electron chi connectivity index (χ4n) is 11.1. The fraction of sp³-hybridized carbons (Fsp3) is 0.910. The minimum absolute atomic E-state index is 0.0250. The molecule has 0 saturated carbocycles. The van der Waals surface area contributed by atoms with Gasteiger partial charge in [0.15, 0.2) is 5.90 Å². The lowest BCUT2D eigenvalue weighted by molar-refractivity contribution is -0.428. The van der Waals surface area contributed by atoms with Crippen LogP contribution < -0.4 is 21.1 Å². The molecular weight excluding hydrogens is 1220 g/mol. The molecule has 5 N–H and O–H groups in total. The van der Waals surface area contributed by atoms with Crippen molar-refractivity contribution in [1.29, 1.82) is 0 Å². The van der Waals surface area contributed by atoms with Crippen LogP contribution in [-0.2, 0) is 52.4 Å². The number of likely N-dealkylation sites (N-methyl/N-ethyl adjacent to an activating group) is 2. The van der Waals surface area contributed by atoms with E-state index in [-0.39, 0.29) is 42.4 Å². The van der Waals surface area contributed by atoms with Gasteiger partial charge in [0.25, 0.3) is 0 Å². The van der Waals surface area contributed by atoms with Crippen LogP contribution >= 0.6 is 0 Å². The van der Waals surface area contributed by atoms with Gasteiger partial charge in [-0.3, -0.25) is 48.6 Å². The number of morpholine rings is 1. The molecule has 6 aliphatic rings. The van der Waals surface area contributed by atoms with Gasteiger partial charge in [-0.1, -0.05) is 54.6 Å². The number of hydrogen-bond acceptors (Lipinski definition) is 23. The molecular formula is C67H133N14O14-. The molecule has 28 nitrogen and oxygen atoms in total. The van der Waals surface area contributed by atoms with Crippen LogP contribution in [0, 0.1) is 0 Å². The summed E-state index contributed by atoms with van der Waals surface area (Å²) in [7, 11) is 3.55. The quantitative estimate of drug-likeness (QED) is 0.0474. The van der Waals surface area contributed by atoms with E-state index in [4.69, 9.17) is 28.4 Å². The summed E-state index contributed by atoms with van der Waals surface area (Å²) in [6, 6.07) is 0. The predicted molar refractivity (Wildman–Crippen MR) is 370 cm³/mol. The number of nitrogens with zero attached hydrogens (tertiary/aromatic N) is 11. The zero-order chi connectivity index (χ0) is 69.9. The first-order valence-electron chi connectivity index (χ1n) is 36.1. The lowest BCUT2D eigenvalue weighted by Gasteiger charge is -2.37. The molecule has 0 aromatic heterocycles. The van der Waals surface area contributed by atoms with Gasteiger partial charge in [0.05, 0.1) is 51.8 Å². The van der Waals surface area contributed by atoms with E-state index in [2.05, 4.69) is 52.4 Å². The van der Waals surface area contributed by atoms with Crippen LogP contribution in [0.2, 0.25) is 0 Å². The molecule has 5 fully saturated rings. The third-order valence-corrected chi connectivity index (χ3v) is 17.0. The van der Waals surface area contributed by atoms with Crippen molar-refractivity contribution in [2.45, 2.75) is 131 Å². The monoisotopic (exact) mass is 1360 g/mol. The third kappa shape index (κ3) is 41.4. The Labute approximate surface area is 572 Å². The predicted octanol–water partition coefficient (Wildman–Crippen LogP) is -0.750. The van der Waals surface area contributed by atoms with Crippen molar-refractivity contribution >= 4 is 35.4 Å². The number of hydrogen-bond donors (Lipinski definition) is 5. The summed E-state index contributed by atoms with van der Waals surface area (Å²) in [5.41, 5.74) is 0. The van der Waals surface area contributed by atoms with Crippen molar-refractivity contribution in [3.8, 4) is 0 Å². The smallest absolute Gasteiger partial charge is 0.222 e. The maximum atomic E-state index is 12.7. The molecule has 28 heteroatoms. The van der Waals surface area contributed by atoms with Gasteiger partial charge in [-0.2, -0.15) is 0 Å². The average Bonchev–Trinajstić information content (AvgIpc) is 2.64. The number of aliphatic hydroxyl groups excluding tert-OH is 2. The highest BCUT2D eigenvalue weighted by Crippen LogP contribution is 2.13. The van der Waals surface area contributed by atoms with E-state index in [1.807, 2.05) is 58.3 Å². The Balaban J connectivity index is 0.000000514. The Morgan fingerprint density at radius 3 is 1.38 bits per heavy atom. The molecule has 0 bridgehead atoms. The van der Waals surface area contributed by atoms with Crippen LogP contribution in [0.4, 0.5) is 0 Å². The number of carbonyl (C=O) groups is 5. The van der Waals surface area contributed by atoms with Crippen LogP contribution in [0.15, 0.2) is 4.99 Å². The first-order valence-corrected chi connectivity index (χ1v) is 36.1. The molecule has 5 amide bonds. The Bertz CT molecular complexity index is 1980. The number of aliphatic hydroxyl groups is 2. The van der Waals surface area contributed by atoms with Crippen molar-refractivity contribution in [3.05, 3.63) is 0 Å². The highest BCUT2D eigenvalue weighted by atomic mass is 16.5. The second-order valence-electron chi connectivity index (χ2n) is 24.5. The average molecular weight is 1360 g/mol. The van der Waals surface area contributed by atoms with Crippen LogP contribution in [0.3, 0.4) is 0 Å². The lowest BCUT2D eigenvalue weighted by atomic mass is 10.2. The molecule has 95 heavy (non-hydrogen) atoms. The minimum atomic E-state index is -0.585. The Hall–Kier alpha value is -3.82. The van der Waals surface area contributed by atoms with E-state index in [0.29, 0.717) is 144 Å². The van der Waals surface area contributed by atoms with E-state index in [1.165, 1.54) is 0 Å². The van der Waals surface area contributed by atoms with E-state index < -0.39 is 18.3 Å². The van der Waals surface area contributed by atoms with Gasteiger partial charge in [-0.15, -0.1) is 0 Å². The highest BCUT2D eigenvalue weighted by Gasteiger charge is 2.26. The lowest BCUT2D eigenvalue weighted by Crippen LogP contribution is -2.51. The molecule has 0 radical (unpaired) electrons. The van der Waals surface area contributed by atoms with Crippen LogP contribution in [0.25, 0.3) is 0 Å². The number of rotatable bonds is 39. The van der Waals surface area contributed by atoms with Crippen LogP contribution in [0.5, 0.6) is 0 Å². The number of β-amino-alcohol motifs (C(OH)–C–C–N with tert-alkyl or cyclic N) is 2. The standard InChI is InChI=1S/C33H65N7O7.C16H31N3O3.C9H19N2O2.C5H9NO.C4H9NO/c1-5-31(43)35(4)13-19-39(32(44)6-2)21-22-40(33(45)7-3)20-18-36-14-16-38(17-15-36)26-30(42)28-47-24-8-23-46-27-29(41)25-37-11-9-34-10-12-37;1-5-14(20)17(4)8-9-18(15(21)6-2)10-11-19-12-13-22-16(19)7-3;1-2-13-8-9(12)7-11-5-3-10-4-6-11;1-2-5-6-3-4-7-5;1-3-6-4-2-5-1/h29-30,34,41-42H,5-28H2,1-4H3;16H,5-13H2,1-4H3;9-10H,2-8H2,1H3;2-4H2,1H3;5H,1-4H2/q;;-1;;. The van der Waals surface area contributed by atoms with Crippen LogP contribution in [-0.4, -0.2) is 389 Å². The summed E-state index contributed by atoms with van der Waals surface area (Å²) in [5, 5.41) is 41.7. The SMILES string of the molecule is C1COCCN1.CCC(=O)N(C)CCN(CCN(CCN1CCN(CC(O)COCCCOCC(O)CN2CCNCC2)CC1)C(=O)CC)C(=O)CC.CCC(=O)N(C)CCN(CCN1CCOC1CC)C(=O)CC.CCC1=NCCO1.CCOCC([O-])CN1CCNCC1. The van der Waals surface area contributed by atoms with E-state index in [1.54, 1.807) is 28.8 Å². The van der Waals surface area contributed by atoms with Gasteiger partial charge < -0.3 is 89.1 Å². The third-order valence-electron chi connectivity index (χ3n) is 17.0. The number of piperazine rings is 3. The van der Waals surface area contributed by atoms with E-state index in [0.717, 1.165) is 163 Å². The largest absolute Gasteiger partial charge is 0.849 e. The first kappa shape index (κ1) is 87.3. The van der Waals surface area contributed by atoms with Crippen molar-refractivity contribution < 1.29 is 67.7 Å². The summed E-state index contributed by atoms with van der Waals surface area (Å²) >= 11 is 0.